The van der Waals surface area contributed by atoms with Crippen LogP contribution in [0.25, 0.3) is 5.70 Å². The van der Waals surface area contributed by atoms with Crippen LogP contribution in [0.4, 0.5) is 18.9 Å². The van der Waals surface area contributed by atoms with Gasteiger partial charge in [-0.3, -0.25) is 4.79 Å². The topological polar surface area (TPSA) is 103 Å². The molecule has 0 saturated heterocycles. The molecule has 0 spiro atoms. The number of aromatic nitrogens is 2. The maximum Gasteiger partial charge on any atom is 0.435 e. The Morgan fingerprint density at radius 1 is 1.20 bits per heavy atom. The molecular formula is C30H32F3N5O3. The van der Waals surface area contributed by atoms with Gasteiger partial charge in [0.15, 0.2) is 17.2 Å². The third-order valence-corrected chi connectivity index (χ3v) is 7.01. The number of allylic oxidation sites excluding steroid dienone is 3. The van der Waals surface area contributed by atoms with Gasteiger partial charge in [0.1, 0.15) is 5.69 Å². The number of para-hydroxylation sites is 1. The fourth-order valence-corrected chi connectivity index (χ4v) is 4.64. The summed E-state index contributed by atoms with van der Waals surface area (Å²) < 4.78 is 53.2. The Balaban J connectivity index is 1.46. The molecule has 2 aromatic carbocycles. The van der Waals surface area contributed by atoms with E-state index in [0.29, 0.717) is 34.4 Å². The fourth-order valence-electron chi connectivity index (χ4n) is 4.64. The molecule has 1 unspecified atom stereocenters. The second-order valence-electron chi connectivity index (χ2n) is 10.2. The molecule has 11 heteroatoms. The van der Waals surface area contributed by atoms with E-state index in [1.54, 1.807) is 44.2 Å². The normalized spacial score (nSPS) is 16.1. The molecule has 2 aliphatic rings. The SMILES string of the molecule is C/C=C(\C=C(/C)CN)n1nc(C(F)(F)F)cc1C(=O)Nc1cccc(C(NCC2CC2)c2cccc3c2OCO3)c1. The number of hydrogen-bond donors (Lipinski definition) is 3. The van der Waals surface area contributed by atoms with E-state index in [9.17, 15) is 18.0 Å². The Bertz CT molecular complexity index is 1490. The molecule has 4 N–H and O–H groups in total. The Labute approximate surface area is 236 Å². The lowest BCUT2D eigenvalue weighted by Gasteiger charge is -2.22. The number of carbonyl (C=O) groups excluding carboxylic acids is 1. The van der Waals surface area contributed by atoms with Crippen molar-refractivity contribution in [2.24, 2.45) is 11.7 Å². The summed E-state index contributed by atoms with van der Waals surface area (Å²) >= 11 is 0. The van der Waals surface area contributed by atoms with E-state index in [1.807, 2.05) is 24.3 Å². The van der Waals surface area contributed by atoms with Gasteiger partial charge < -0.3 is 25.8 Å². The molecule has 3 aromatic rings. The molecule has 0 radical (unpaired) electrons. The summed E-state index contributed by atoms with van der Waals surface area (Å²) in [6.07, 6.45) is 0.788. The summed E-state index contributed by atoms with van der Waals surface area (Å²) in [4.78, 5) is 13.4. The second-order valence-corrected chi connectivity index (χ2v) is 10.2. The number of amides is 1. The summed E-state index contributed by atoms with van der Waals surface area (Å²) in [5, 5.41) is 10.1. The van der Waals surface area contributed by atoms with Crippen LogP contribution in [0.2, 0.25) is 0 Å². The molecule has 0 bridgehead atoms. The average molecular weight is 568 g/mol. The van der Waals surface area contributed by atoms with Gasteiger partial charge in [0.05, 0.1) is 11.7 Å². The minimum atomic E-state index is -4.73. The van der Waals surface area contributed by atoms with Crippen LogP contribution in [0.15, 0.2) is 66.3 Å². The number of fused-ring (bicyclic) bond motifs is 1. The number of hydrogen-bond acceptors (Lipinski definition) is 6. The van der Waals surface area contributed by atoms with Crippen molar-refractivity contribution in [3.05, 3.63) is 88.8 Å². The first-order valence-electron chi connectivity index (χ1n) is 13.4. The monoisotopic (exact) mass is 567 g/mol. The predicted octanol–water partition coefficient (Wildman–Crippen LogP) is 5.74. The largest absolute Gasteiger partial charge is 0.454 e. The van der Waals surface area contributed by atoms with Crippen molar-refractivity contribution in [1.82, 2.24) is 15.1 Å². The molecule has 1 aliphatic carbocycles. The molecule has 2 heterocycles. The van der Waals surface area contributed by atoms with Crippen LogP contribution >= 0.6 is 0 Å². The third-order valence-electron chi connectivity index (χ3n) is 7.01. The lowest BCUT2D eigenvalue weighted by Crippen LogP contribution is -2.25. The summed E-state index contributed by atoms with van der Waals surface area (Å²) in [7, 11) is 0. The van der Waals surface area contributed by atoms with Gasteiger partial charge in [-0.15, -0.1) is 0 Å². The Morgan fingerprint density at radius 2 is 1.98 bits per heavy atom. The van der Waals surface area contributed by atoms with Gasteiger partial charge in [-0.25, -0.2) is 4.68 Å². The van der Waals surface area contributed by atoms with Crippen LogP contribution in [-0.2, 0) is 6.18 Å². The van der Waals surface area contributed by atoms with Crippen LogP contribution < -0.4 is 25.8 Å². The van der Waals surface area contributed by atoms with Gasteiger partial charge in [-0.05, 0) is 69.0 Å². The first-order chi connectivity index (χ1) is 19.7. The Kier molecular flexibility index (Phi) is 8.18. The molecule has 1 aliphatic heterocycles. The zero-order chi connectivity index (χ0) is 29.1. The third kappa shape index (κ3) is 6.47. The number of anilines is 1. The van der Waals surface area contributed by atoms with Gasteiger partial charge in [0.25, 0.3) is 5.91 Å². The zero-order valence-electron chi connectivity index (χ0n) is 22.8. The second kappa shape index (κ2) is 11.8. The highest BCUT2D eigenvalue weighted by molar-refractivity contribution is 6.04. The maximum atomic E-state index is 13.6. The van der Waals surface area contributed by atoms with E-state index >= 15 is 0 Å². The zero-order valence-corrected chi connectivity index (χ0v) is 22.8. The first-order valence-corrected chi connectivity index (χ1v) is 13.4. The molecule has 1 atom stereocenters. The van der Waals surface area contributed by atoms with Crippen LogP contribution in [0.1, 0.15) is 60.0 Å². The van der Waals surface area contributed by atoms with E-state index in [4.69, 9.17) is 15.2 Å². The van der Waals surface area contributed by atoms with Gasteiger partial charge in [-0.2, -0.15) is 18.3 Å². The Morgan fingerprint density at radius 3 is 2.68 bits per heavy atom. The van der Waals surface area contributed by atoms with Crippen molar-refractivity contribution >= 4 is 17.3 Å². The molecule has 216 valence electrons. The number of carbonyl (C=O) groups is 1. The summed E-state index contributed by atoms with van der Waals surface area (Å²) in [6.45, 7) is 4.55. The first kappa shape index (κ1) is 28.4. The smallest absolute Gasteiger partial charge is 0.435 e. The van der Waals surface area contributed by atoms with Crippen molar-refractivity contribution in [2.45, 2.75) is 38.9 Å². The van der Waals surface area contributed by atoms with Crippen molar-refractivity contribution < 1.29 is 27.4 Å². The summed E-state index contributed by atoms with van der Waals surface area (Å²) in [6, 6.07) is 13.4. The molecule has 5 rings (SSSR count). The maximum absolute atomic E-state index is 13.6. The average Bonchev–Trinajstić information content (AvgIpc) is 3.44. The minimum absolute atomic E-state index is 0.138. The number of benzene rings is 2. The van der Waals surface area contributed by atoms with Crippen LogP contribution in [0, 0.1) is 5.92 Å². The van der Waals surface area contributed by atoms with Crippen molar-refractivity contribution in [2.75, 3.05) is 25.2 Å². The fraction of sp³-hybridized carbons (Fsp3) is 0.333. The summed E-state index contributed by atoms with van der Waals surface area (Å²) in [5.41, 5.74) is 7.44. The number of nitrogens with one attached hydrogen (secondary N) is 2. The highest BCUT2D eigenvalue weighted by Crippen LogP contribution is 2.41. The number of nitrogens with zero attached hydrogens (tertiary/aromatic N) is 2. The highest BCUT2D eigenvalue weighted by Gasteiger charge is 2.36. The highest BCUT2D eigenvalue weighted by atomic mass is 19.4. The van der Waals surface area contributed by atoms with Crippen molar-refractivity contribution in [1.29, 1.82) is 0 Å². The van der Waals surface area contributed by atoms with E-state index < -0.39 is 17.8 Å². The number of ether oxygens (including phenoxy) is 2. The van der Waals surface area contributed by atoms with Crippen LogP contribution in [0.5, 0.6) is 11.5 Å². The van der Waals surface area contributed by atoms with Crippen molar-refractivity contribution in [3.63, 3.8) is 0 Å². The number of halogens is 3. The lowest BCUT2D eigenvalue weighted by molar-refractivity contribution is -0.141. The van der Waals surface area contributed by atoms with Gasteiger partial charge in [0.2, 0.25) is 6.79 Å². The van der Waals surface area contributed by atoms with E-state index in [2.05, 4.69) is 15.7 Å². The van der Waals surface area contributed by atoms with Gasteiger partial charge in [0, 0.05) is 23.9 Å². The van der Waals surface area contributed by atoms with Crippen LogP contribution in [-0.4, -0.2) is 35.6 Å². The number of alkyl halides is 3. The van der Waals surface area contributed by atoms with Gasteiger partial charge >= 0.3 is 6.18 Å². The predicted molar refractivity (Wildman–Crippen MR) is 150 cm³/mol. The standard InChI is InChI=1S/C30H32F3N5O3/c1-3-22(12-18(2)15-34)38-24(14-26(37-38)30(31,32)33)29(39)36-21-7-4-6-20(13-21)27(35-16-19-10-11-19)23-8-5-9-25-28(23)41-17-40-25/h3-9,12-14,19,27,35H,10-11,15-17,34H2,1-2H3,(H,36,39)/b18-12+,22-3+. The summed E-state index contributed by atoms with van der Waals surface area (Å²) in [5.74, 6) is 1.20. The van der Waals surface area contributed by atoms with Crippen molar-refractivity contribution in [3.8, 4) is 11.5 Å². The van der Waals surface area contributed by atoms with E-state index in [1.165, 1.54) is 12.8 Å². The Hall–Kier alpha value is -4.09. The molecule has 1 fully saturated rings. The lowest BCUT2D eigenvalue weighted by atomic mass is 9.96. The quantitative estimate of drug-likeness (QED) is 0.270. The van der Waals surface area contributed by atoms with E-state index in [-0.39, 0.29) is 25.1 Å². The molecule has 1 aromatic heterocycles. The number of nitrogens with two attached hydrogens (primary N) is 1. The number of rotatable bonds is 10. The molecule has 41 heavy (non-hydrogen) atoms. The molecule has 1 saturated carbocycles. The van der Waals surface area contributed by atoms with E-state index in [0.717, 1.165) is 28.4 Å². The van der Waals surface area contributed by atoms with Crippen LogP contribution in [0.3, 0.4) is 0 Å². The molecule has 1 amide bonds. The molecule has 8 nitrogen and oxygen atoms in total. The van der Waals surface area contributed by atoms with Gasteiger partial charge in [-0.1, -0.05) is 35.9 Å². The molecular weight excluding hydrogens is 535 g/mol. The minimum Gasteiger partial charge on any atom is -0.454 e.